The van der Waals surface area contributed by atoms with E-state index in [1.54, 1.807) is 42.5 Å². The van der Waals surface area contributed by atoms with Gasteiger partial charge in [-0.15, -0.1) is 0 Å². The van der Waals surface area contributed by atoms with Crippen molar-refractivity contribution in [1.29, 1.82) is 5.26 Å². The maximum absolute atomic E-state index is 13.2. The molecule has 4 rings (SSSR count). The van der Waals surface area contributed by atoms with Gasteiger partial charge in [0.15, 0.2) is 5.75 Å². The first-order valence-corrected chi connectivity index (χ1v) is 11.5. The van der Waals surface area contributed by atoms with Crippen LogP contribution in [0.2, 0.25) is 10.0 Å². The smallest absolute Gasteiger partial charge is 0.335 e. The summed E-state index contributed by atoms with van der Waals surface area (Å²) in [5, 5.41) is 11.7. The fraction of sp³-hybridized carbons (Fsp3) is 0.111. The lowest BCUT2D eigenvalue weighted by Crippen LogP contribution is -2.54. The minimum atomic E-state index is -0.831. The molecule has 0 aromatic heterocycles. The number of halogens is 2. The van der Waals surface area contributed by atoms with Crippen LogP contribution < -0.4 is 15.0 Å². The van der Waals surface area contributed by atoms with E-state index >= 15 is 0 Å². The molecule has 4 amide bonds. The molecule has 1 aliphatic rings. The Bertz CT molecular complexity index is 1470. The van der Waals surface area contributed by atoms with Crippen LogP contribution in [0.1, 0.15) is 27.8 Å². The lowest BCUT2D eigenvalue weighted by Gasteiger charge is -2.27. The second-order valence-electron chi connectivity index (χ2n) is 8.10. The van der Waals surface area contributed by atoms with Crippen molar-refractivity contribution in [3.63, 3.8) is 0 Å². The third-order valence-electron chi connectivity index (χ3n) is 5.69. The van der Waals surface area contributed by atoms with Crippen molar-refractivity contribution in [2.75, 3.05) is 4.90 Å². The molecule has 1 heterocycles. The molecule has 1 saturated heterocycles. The molecule has 0 unspecified atom stereocenters. The van der Waals surface area contributed by atoms with E-state index in [0.29, 0.717) is 22.4 Å². The predicted molar refractivity (Wildman–Crippen MR) is 137 cm³/mol. The predicted octanol–water partition coefficient (Wildman–Crippen LogP) is 5.73. The van der Waals surface area contributed by atoms with Crippen molar-refractivity contribution in [3.05, 3.63) is 98.0 Å². The quantitative estimate of drug-likeness (QED) is 0.342. The molecule has 0 saturated carbocycles. The van der Waals surface area contributed by atoms with Crippen LogP contribution in [0.5, 0.6) is 5.75 Å². The highest BCUT2D eigenvalue weighted by molar-refractivity contribution is 6.40. The van der Waals surface area contributed by atoms with Crippen LogP contribution in [0, 0.1) is 25.2 Å². The third-order valence-corrected chi connectivity index (χ3v) is 6.25. The average molecular weight is 520 g/mol. The Morgan fingerprint density at radius 1 is 1.00 bits per heavy atom. The Morgan fingerprint density at radius 2 is 1.69 bits per heavy atom. The highest BCUT2D eigenvalue weighted by Crippen LogP contribution is 2.36. The molecule has 1 aliphatic heterocycles. The number of aryl methyl sites for hydroxylation is 2. The number of ether oxygens (including phenoxy) is 1. The highest BCUT2D eigenvalue weighted by atomic mass is 35.5. The number of benzene rings is 3. The maximum Gasteiger partial charge on any atom is 0.335 e. The number of hydrogen-bond acceptors (Lipinski definition) is 5. The molecule has 0 spiro atoms. The monoisotopic (exact) mass is 519 g/mol. The van der Waals surface area contributed by atoms with Crippen LogP contribution >= 0.6 is 23.2 Å². The minimum Gasteiger partial charge on any atom is -0.486 e. The Morgan fingerprint density at radius 3 is 2.36 bits per heavy atom. The van der Waals surface area contributed by atoms with Gasteiger partial charge in [0.25, 0.3) is 11.8 Å². The number of carbonyl (C=O) groups excluding carboxylic acids is 3. The van der Waals surface area contributed by atoms with Gasteiger partial charge in [-0.1, -0.05) is 47.5 Å². The molecule has 36 heavy (non-hydrogen) atoms. The first-order chi connectivity index (χ1) is 17.2. The van der Waals surface area contributed by atoms with Gasteiger partial charge in [0, 0.05) is 5.56 Å². The van der Waals surface area contributed by atoms with E-state index in [1.165, 1.54) is 18.2 Å². The Hall–Kier alpha value is -4.12. The maximum atomic E-state index is 13.2. The summed E-state index contributed by atoms with van der Waals surface area (Å²) in [5.74, 6) is -1.40. The summed E-state index contributed by atoms with van der Waals surface area (Å²) < 4.78 is 5.76. The van der Waals surface area contributed by atoms with Crippen molar-refractivity contribution >= 4 is 52.8 Å². The van der Waals surface area contributed by atoms with Crippen molar-refractivity contribution in [2.24, 2.45) is 0 Å². The van der Waals surface area contributed by atoms with Gasteiger partial charge in [-0.25, -0.2) is 9.69 Å². The Labute approximate surface area is 217 Å². The van der Waals surface area contributed by atoms with Gasteiger partial charge < -0.3 is 4.74 Å². The molecular formula is C27H19Cl2N3O4. The lowest BCUT2D eigenvalue weighted by atomic mass is 10.0. The molecule has 180 valence electrons. The van der Waals surface area contributed by atoms with E-state index in [2.05, 4.69) is 11.4 Å². The number of rotatable bonds is 5. The zero-order valence-electron chi connectivity index (χ0n) is 19.3. The second kappa shape index (κ2) is 10.2. The summed E-state index contributed by atoms with van der Waals surface area (Å²) in [6, 6.07) is 16.3. The molecule has 0 radical (unpaired) electrons. The largest absolute Gasteiger partial charge is 0.486 e. The minimum absolute atomic E-state index is 0.0670. The zero-order valence-corrected chi connectivity index (χ0v) is 20.8. The lowest BCUT2D eigenvalue weighted by molar-refractivity contribution is -0.122. The number of nitriles is 1. The summed E-state index contributed by atoms with van der Waals surface area (Å²) in [5.41, 5.74) is 3.48. The number of nitrogens with zero attached hydrogens (tertiary/aromatic N) is 2. The standard InChI is InChI=1S/C27H19Cl2N3O4/c1-15-7-8-20(9-16(15)2)32-26(34)21(25(33)31-27(32)35)10-17-11-22(28)24(23(29)12-17)36-14-19-6-4-3-5-18(19)13-30/h3-12H,14H2,1-2H3,(H,31,33,35)/b21-10+. The van der Waals surface area contributed by atoms with E-state index < -0.39 is 17.8 Å². The number of hydrogen-bond donors (Lipinski definition) is 1. The van der Waals surface area contributed by atoms with Gasteiger partial charge in [-0.3, -0.25) is 14.9 Å². The van der Waals surface area contributed by atoms with Crippen LogP contribution in [-0.4, -0.2) is 17.8 Å². The van der Waals surface area contributed by atoms with Crippen molar-refractivity contribution in [1.82, 2.24) is 5.32 Å². The zero-order chi connectivity index (χ0) is 26.0. The van der Waals surface area contributed by atoms with Crippen molar-refractivity contribution in [2.45, 2.75) is 20.5 Å². The highest BCUT2D eigenvalue weighted by Gasteiger charge is 2.37. The van der Waals surface area contributed by atoms with Crippen LogP contribution in [-0.2, 0) is 16.2 Å². The molecular weight excluding hydrogens is 501 g/mol. The van der Waals surface area contributed by atoms with Crippen LogP contribution in [0.4, 0.5) is 10.5 Å². The number of urea groups is 1. The second-order valence-corrected chi connectivity index (χ2v) is 8.91. The molecule has 1 N–H and O–H groups in total. The number of imide groups is 2. The van der Waals surface area contributed by atoms with E-state index in [4.69, 9.17) is 27.9 Å². The van der Waals surface area contributed by atoms with Crippen molar-refractivity contribution < 1.29 is 19.1 Å². The van der Waals surface area contributed by atoms with Gasteiger partial charge in [0.2, 0.25) is 0 Å². The molecule has 3 aromatic rings. The average Bonchev–Trinajstić information content (AvgIpc) is 2.83. The van der Waals surface area contributed by atoms with Gasteiger partial charge in [0.05, 0.1) is 27.4 Å². The first-order valence-electron chi connectivity index (χ1n) is 10.8. The van der Waals surface area contributed by atoms with Crippen LogP contribution in [0.3, 0.4) is 0 Å². The van der Waals surface area contributed by atoms with E-state index in [9.17, 15) is 19.6 Å². The van der Waals surface area contributed by atoms with Crippen LogP contribution in [0.25, 0.3) is 6.08 Å². The molecule has 0 bridgehead atoms. The van der Waals surface area contributed by atoms with Gasteiger partial charge >= 0.3 is 6.03 Å². The fourth-order valence-corrected chi connectivity index (χ4v) is 4.24. The summed E-state index contributed by atoms with van der Waals surface area (Å²) in [7, 11) is 0. The van der Waals surface area contributed by atoms with Gasteiger partial charge in [-0.2, -0.15) is 5.26 Å². The van der Waals surface area contributed by atoms with E-state index in [-0.39, 0.29) is 28.0 Å². The molecule has 9 heteroatoms. The summed E-state index contributed by atoms with van der Waals surface area (Å²) >= 11 is 12.8. The van der Waals surface area contributed by atoms with E-state index in [0.717, 1.165) is 16.0 Å². The molecule has 1 fully saturated rings. The Kier molecular flexibility index (Phi) is 7.11. The number of anilines is 1. The molecule has 3 aromatic carbocycles. The first kappa shape index (κ1) is 25.0. The van der Waals surface area contributed by atoms with Gasteiger partial charge in [-0.05, 0) is 66.9 Å². The number of carbonyl (C=O) groups is 3. The SMILES string of the molecule is Cc1ccc(N2C(=O)NC(=O)/C(=C\c3cc(Cl)c(OCc4ccccc4C#N)c(Cl)c3)C2=O)cc1C. The molecule has 7 nitrogen and oxygen atoms in total. The number of barbiturate groups is 1. The van der Waals surface area contributed by atoms with Gasteiger partial charge in [0.1, 0.15) is 12.2 Å². The summed E-state index contributed by atoms with van der Waals surface area (Å²) in [6.07, 6.45) is 1.31. The fourth-order valence-electron chi connectivity index (χ4n) is 3.63. The number of amides is 4. The summed E-state index contributed by atoms with van der Waals surface area (Å²) in [4.78, 5) is 39.0. The Balaban J connectivity index is 1.62. The van der Waals surface area contributed by atoms with E-state index in [1.807, 2.05) is 13.8 Å². The third kappa shape index (κ3) is 4.96. The number of nitrogens with one attached hydrogen (secondary N) is 1. The molecule has 0 aliphatic carbocycles. The topological polar surface area (TPSA) is 99.5 Å². The van der Waals surface area contributed by atoms with Crippen molar-refractivity contribution in [3.8, 4) is 11.8 Å². The molecule has 0 atom stereocenters. The summed E-state index contributed by atoms with van der Waals surface area (Å²) in [6.45, 7) is 3.84. The van der Waals surface area contributed by atoms with Crippen LogP contribution in [0.15, 0.2) is 60.2 Å². The normalized spacial score (nSPS) is 14.6.